The van der Waals surface area contributed by atoms with E-state index in [1.165, 1.54) is 30.3 Å². The minimum absolute atomic E-state index is 0.180. The van der Waals surface area contributed by atoms with Crippen molar-refractivity contribution < 1.29 is 26.8 Å². The molecule has 3 aromatic carbocycles. The summed E-state index contributed by atoms with van der Waals surface area (Å²) in [6, 6.07) is 15.4. The Hall–Kier alpha value is -3.99. The Morgan fingerprint density at radius 1 is 0.895 bits per heavy atom. The molecule has 0 radical (unpaired) electrons. The number of hydrogen-bond donors (Lipinski definition) is 2. The Balaban J connectivity index is 1.21. The van der Waals surface area contributed by atoms with Gasteiger partial charge >= 0.3 is 0 Å². The van der Waals surface area contributed by atoms with Gasteiger partial charge in [0.1, 0.15) is 17.7 Å². The normalized spacial score (nSPS) is 17.4. The number of sulfone groups is 1. The van der Waals surface area contributed by atoms with Crippen molar-refractivity contribution in [3.63, 3.8) is 0 Å². The molecule has 198 valence electrons. The van der Waals surface area contributed by atoms with Gasteiger partial charge in [-0.1, -0.05) is 12.1 Å². The van der Waals surface area contributed by atoms with Crippen LogP contribution in [0.5, 0.6) is 0 Å². The third kappa shape index (κ3) is 5.77. The van der Waals surface area contributed by atoms with Gasteiger partial charge in [-0.15, -0.1) is 0 Å². The van der Waals surface area contributed by atoms with Crippen molar-refractivity contribution in [2.24, 2.45) is 0 Å². The molecule has 0 aromatic heterocycles. The Morgan fingerprint density at radius 2 is 1.63 bits per heavy atom. The van der Waals surface area contributed by atoms with E-state index in [1.54, 1.807) is 35.2 Å². The molecule has 1 fully saturated rings. The van der Waals surface area contributed by atoms with Gasteiger partial charge in [0, 0.05) is 37.4 Å². The summed E-state index contributed by atoms with van der Waals surface area (Å²) < 4.78 is 52.0. The van der Waals surface area contributed by atoms with E-state index in [2.05, 4.69) is 15.5 Å². The van der Waals surface area contributed by atoms with Crippen LogP contribution in [0.2, 0.25) is 0 Å². The zero-order valence-corrected chi connectivity index (χ0v) is 21.2. The minimum atomic E-state index is -3.72. The number of carbonyl (C=O) groups excluding carboxylic acids is 2. The van der Waals surface area contributed by atoms with Crippen molar-refractivity contribution in [2.75, 3.05) is 47.5 Å². The van der Waals surface area contributed by atoms with Gasteiger partial charge in [0.05, 0.1) is 22.9 Å². The van der Waals surface area contributed by atoms with E-state index in [4.69, 9.17) is 0 Å². The maximum atomic E-state index is 13.4. The number of nitrogens with one attached hydrogen (secondary N) is 2. The van der Waals surface area contributed by atoms with Crippen molar-refractivity contribution in [3.8, 4) is 0 Å². The van der Waals surface area contributed by atoms with E-state index in [-0.39, 0.29) is 17.5 Å². The number of benzene rings is 3. The second-order valence-corrected chi connectivity index (χ2v) is 11.5. The fourth-order valence-corrected chi connectivity index (χ4v) is 6.24. The van der Waals surface area contributed by atoms with E-state index in [0.29, 0.717) is 48.7 Å². The Morgan fingerprint density at radius 3 is 2.34 bits per heavy atom. The van der Waals surface area contributed by atoms with Crippen molar-refractivity contribution in [1.29, 1.82) is 0 Å². The van der Waals surface area contributed by atoms with Gasteiger partial charge in [-0.05, 0) is 60.2 Å². The molecule has 2 N–H and O–H groups in total. The molecule has 0 saturated carbocycles. The molecular weight excluding hydrogens is 514 g/mol. The highest BCUT2D eigenvalue weighted by molar-refractivity contribution is 7.90. The third-order valence-electron chi connectivity index (χ3n) is 6.63. The Kier molecular flexibility index (Phi) is 7.02. The predicted molar refractivity (Wildman–Crippen MR) is 141 cm³/mol. The highest BCUT2D eigenvalue weighted by Gasteiger charge is 2.31. The lowest BCUT2D eigenvalue weighted by atomic mass is 10.1. The van der Waals surface area contributed by atoms with Crippen molar-refractivity contribution in [1.82, 2.24) is 4.90 Å². The molecule has 11 heteroatoms. The number of hydrogen-bond acceptors (Lipinski definition) is 6. The molecule has 5 rings (SSSR count). The average Bonchev–Trinajstić information content (AvgIpc) is 2.88. The zero-order chi connectivity index (χ0) is 26.9. The monoisotopic (exact) mass is 540 g/mol. The number of anilines is 3. The Labute approximate surface area is 219 Å². The van der Waals surface area contributed by atoms with E-state index < -0.39 is 33.4 Å². The van der Waals surface area contributed by atoms with Gasteiger partial charge in [-0.3, -0.25) is 9.59 Å². The fourth-order valence-electron chi connectivity index (χ4n) is 4.69. The van der Waals surface area contributed by atoms with Gasteiger partial charge in [0.2, 0.25) is 5.91 Å². The molecule has 38 heavy (non-hydrogen) atoms. The van der Waals surface area contributed by atoms with Crippen LogP contribution in [-0.2, 0) is 20.4 Å². The molecule has 2 heterocycles. The molecule has 2 aliphatic heterocycles. The van der Waals surface area contributed by atoms with Crippen LogP contribution < -0.4 is 15.5 Å². The van der Waals surface area contributed by atoms with Crippen molar-refractivity contribution >= 4 is 38.7 Å². The number of amides is 2. The molecule has 2 amide bonds. The zero-order valence-electron chi connectivity index (χ0n) is 20.4. The summed E-state index contributed by atoms with van der Waals surface area (Å²) in [6.07, 6.45) is 0. The van der Waals surface area contributed by atoms with Gasteiger partial charge in [-0.25, -0.2) is 17.2 Å². The van der Waals surface area contributed by atoms with Gasteiger partial charge in [0.15, 0.2) is 9.84 Å². The minimum Gasteiger partial charge on any atom is -0.371 e. The highest BCUT2D eigenvalue weighted by atomic mass is 32.2. The number of piperazine rings is 1. The van der Waals surface area contributed by atoms with Crippen LogP contribution in [0.25, 0.3) is 0 Å². The molecule has 1 atom stereocenters. The van der Waals surface area contributed by atoms with Gasteiger partial charge in [-0.2, -0.15) is 0 Å². The van der Waals surface area contributed by atoms with Gasteiger partial charge in [0.25, 0.3) is 5.91 Å². The van der Waals surface area contributed by atoms with Crippen LogP contribution in [0.3, 0.4) is 0 Å². The first-order valence-corrected chi connectivity index (χ1v) is 14.0. The summed E-state index contributed by atoms with van der Waals surface area (Å²) in [5.74, 6) is -2.38. The first kappa shape index (κ1) is 25.7. The topological polar surface area (TPSA) is 98.8 Å². The molecule has 2 aliphatic rings. The molecule has 0 bridgehead atoms. The standard InChI is InChI=1S/C27H26F2N4O4S/c28-20-5-7-22(8-6-20)32-10-12-33(13-11-32)27(35)19-4-9-23-24(15-19)31-26(34)25(30-23)17-38(36,37)16-18-2-1-3-21(29)14-18/h1-9,14-15,25,30H,10-13,16-17H2,(H,31,34). The second kappa shape index (κ2) is 10.4. The molecule has 3 aromatic rings. The van der Waals surface area contributed by atoms with E-state index in [9.17, 15) is 26.8 Å². The first-order chi connectivity index (χ1) is 18.2. The maximum Gasteiger partial charge on any atom is 0.254 e. The van der Waals surface area contributed by atoms with Crippen molar-refractivity contribution in [2.45, 2.75) is 11.8 Å². The lowest BCUT2D eigenvalue weighted by Gasteiger charge is -2.36. The maximum absolute atomic E-state index is 13.4. The average molecular weight is 541 g/mol. The van der Waals surface area contributed by atoms with Crippen LogP contribution in [0.15, 0.2) is 66.7 Å². The van der Waals surface area contributed by atoms with E-state index in [0.717, 1.165) is 11.8 Å². The number of fused-ring (bicyclic) bond motifs is 1. The third-order valence-corrected chi connectivity index (χ3v) is 8.24. The predicted octanol–water partition coefficient (Wildman–Crippen LogP) is 3.27. The highest BCUT2D eigenvalue weighted by Crippen LogP contribution is 2.29. The van der Waals surface area contributed by atoms with Crippen LogP contribution in [0.1, 0.15) is 15.9 Å². The first-order valence-electron chi connectivity index (χ1n) is 12.1. The number of rotatable bonds is 6. The molecule has 0 aliphatic carbocycles. The van der Waals surface area contributed by atoms with Crippen LogP contribution in [0, 0.1) is 11.6 Å². The summed E-state index contributed by atoms with van der Waals surface area (Å²) in [7, 11) is -3.72. The second-order valence-electron chi connectivity index (χ2n) is 9.39. The largest absolute Gasteiger partial charge is 0.371 e. The SMILES string of the molecule is O=C1Nc2cc(C(=O)N3CCN(c4ccc(F)cc4)CC3)ccc2NC1CS(=O)(=O)Cc1cccc(F)c1. The molecule has 1 unspecified atom stereocenters. The quantitative estimate of drug-likeness (QED) is 0.498. The van der Waals surface area contributed by atoms with Crippen molar-refractivity contribution in [3.05, 3.63) is 89.5 Å². The van der Waals surface area contributed by atoms with Crippen LogP contribution in [-0.4, -0.2) is 63.1 Å². The molecule has 1 saturated heterocycles. The summed E-state index contributed by atoms with van der Waals surface area (Å²) in [6.45, 7) is 2.19. The lowest BCUT2D eigenvalue weighted by Crippen LogP contribution is -2.49. The molecule has 0 spiro atoms. The number of carbonyl (C=O) groups is 2. The van der Waals surface area contributed by atoms with Crippen LogP contribution >= 0.6 is 0 Å². The summed E-state index contributed by atoms with van der Waals surface area (Å²) in [5, 5.41) is 5.65. The van der Waals surface area contributed by atoms with E-state index in [1.807, 2.05) is 0 Å². The molecular formula is C27H26F2N4O4S. The summed E-state index contributed by atoms with van der Waals surface area (Å²) >= 11 is 0. The summed E-state index contributed by atoms with van der Waals surface area (Å²) in [4.78, 5) is 29.6. The van der Waals surface area contributed by atoms with E-state index >= 15 is 0 Å². The number of halogens is 2. The lowest BCUT2D eigenvalue weighted by molar-refractivity contribution is -0.116. The number of nitrogens with zero attached hydrogens (tertiary/aromatic N) is 2. The fraction of sp³-hybridized carbons (Fsp3) is 0.259. The molecule has 8 nitrogen and oxygen atoms in total. The van der Waals surface area contributed by atoms with Gasteiger partial charge < -0.3 is 20.4 Å². The summed E-state index contributed by atoms with van der Waals surface area (Å²) in [5.41, 5.74) is 2.51. The smallest absolute Gasteiger partial charge is 0.254 e. The van der Waals surface area contributed by atoms with Crippen LogP contribution in [0.4, 0.5) is 25.8 Å². The Bertz CT molecular complexity index is 1470.